The number of hydrogen-bond acceptors (Lipinski definition) is 3. The number of unbranched alkanes of at least 4 members (excludes halogenated alkanes) is 1. The number of carbonyl (C=O) groups excluding carboxylic acids is 2. The number of nitrogens with one attached hydrogen (secondary N) is 2. The van der Waals surface area contributed by atoms with Gasteiger partial charge in [-0.2, -0.15) is 5.10 Å². The third-order valence-corrected chi connectivity index (χ3v) is 4.98. The van der Waals surface area contributed by atoms with Gasteiger partial charge in [0.15, 0.2) is 13.1 Å². The van der Waals surface area contributed by atoms with Crippen molar-refractivity contribution in [3.05, 3.63) is 66.2 Å². The number of rotatable bonds is 10. The summed E-state index contributed by atoms with van der Waals surface area (Å²) >= 11 is 0. The standard InChI is InChI=1S/C24H29N5O2/c1-3-4-8-18-11-13-19(14-12-18)21-15-22(27-24(31)17-26-16-23(30)25-2)29(28-21)20-9-6-5-7-10-20/h5-7,9-15,26H,3-4,8,16-17H2,1-2H3,(H,25,30)(H,27,31)/p+1. The van der Waals surface area contributed by atoms with Gasteiger partial charge in [0.2, 0.25) is 0 Å². The molecule has 7 nitrogen and oxygen atoms in total. The molecule has 0 aliphatic carbocycles. The summed E-state index contributed by atoms with van der Waals surface area (Å²) < 4.78 is 1.73. The van der Waals surface area contributed by atoms with Crippen LogP contribution in [0.25, 0.3) is 16.9 Å². The van der Waals surface area contributed by atoms with Gasteiger partial charge in [-0.05, 0) is 30.5 Å². The number of quaternary nitrogens is 1. The molecular weight excluding hydrogens is 390 g/mol. The summed E-state index contributed by atoms with van der Waals surface area (Å²) in [6, 6.07) is 20.0. The lowest BCUT2D eigenvalue weighted by molar-refractivity contribution is -0.632. The zero-order valence-corrected chi connectivity index (χ0v) is 18.1. The van der Waals surface area contributed by atoms with Gasteiger partial charge in [0, 0.05) is 18.7 Å². The molecule has 1 heterocycles. The first kappa shape index (κ1) is 22.2. The van der Waals surface area contributed by atoms with Crippen LogP contribution in [-0.2, 0) is 16.0 Å². The number of likely N-dealkylation sites (N-methyl/N-ethyl adjacent to an activating group) is 1. The Hall–Kier alpha value is -3.45. The Labute approximate surface area is 182 Å². The second kappa shape index (κ2) is 11.1. The fourth-order valence-corrected chi connectivity index (χ4v) is 3.23. The van der Waals surface area contributed by atoms with E-state index in [4.69, 9.17) is 5.10 Å². The molecule has 162 valence electrons. The summed E-state index contributed by atoms with van der Waals surface area (Å²) in [5.41, 5.74) is 3.96. The van der Waals surface area contributed by atoms with Crippen molar-refractivity contribution in [3.63, 3.8) is 0 Å². The van der Waals surface area contributed by atoms with Crippen LogP contribution in [0.5, 0.6) is 0 Å². The molecule has 3 aromatic rings. The van der Waals surface area contributed by atoms with Crippen molar-refractivity contribution in [2.75, 3.05) is 25.5 Å². The summed E-state index contributed by atoms with van der Waals surface area (Å²) in [7, 11) is 1.58. The predicted octanol–water partition coefficient (Wildman–Crippen LogP) is 2.13. The molecule has 0 bridgehead atoms. The number of para-hydroxylation sites is 1. The van der Waals surface area contributed by atoms with Crippen LogP contribution in [0.4, 0.5) is 5.82 Å². The van der Waals surface area contributed by atoms with Crippen LogP contribution < -0.4 is 16.0 Å². The Morgan fingerprint density at radius 2 is 1.71 bits per heavy atom. The highest BCUT2D eigenvalue weighted by Crippen LogP contribution is 2.25. The predicted molar refractivity (Wildman–Crippen MR) is 122 cm³/mol. The van der Waals surface area contributed by atoms with Gasteiger partial charge in [0.1, 0.15) is 5.82 Å². The number of benzene rings is 2. The number of aryl methyl sites for hydroxylation is 1. The molecule has 2 amide bonds. The number of carbonyl (C=O) groups is 2. The Bertz CT molecular complexity index is 997. The van der Waals surface area contributed by atoms with Crippen LogP contribution in [0, 0.1) is 0 Å². The molecule has 1 aromatic heterocycles. The van der Waals surface area contributed by atoms with Crippen molar-refractivity contribution >= 4 is 17.6 Å². The van der Waals surface area contributed by atoms with E-state index in [1.54, 1.807) is 17.0 Å². The average molecular weight is 421 g/mol. The van der Waals surface area contributed by atoms with Crippen molar-refractivity contribution in [2.24, 2.45) is 0 Å². The highest BCUT2D eigenvalue weighted by Gasteiger charge is 2.15. The highest BCUT2D eigenvalue weighted by molar-refractivity contribution is 5.91. The molecule has 0 spiro atoms. The molecule has 0 atom stereocenters. The van der Waals surface area contributed by atoms with E-state index in [-0.39, 0.29) is 24.9 Å². The highest BCUT2D eigenvalue weighted by atomic mass is 16.2. The zero-order chi connectivity index (χ0) is 22.1. The minimum absolute atomic E-state index is 0.119. The SMILES string of the molecule is CCCCc1ccc(-c2cc(NC(=O)C[NH2+]CC(=O)NC)n(-c3ccccc3)n2)cc1. The fraction of sp³-hybridized carbons (Fsp3) is 0.292. The van der Waals surface area contributed by atoms with E-state index in [0.717, 1.165) is 23.4 Å². The maximum Gasteiger partial charge on any atom is 0.280 e. The van der Waals surface area contributed by atoms with Gasteiger partial charge < -0.3 is 16.0 Å². The molecule has 2 aromatic carbocycles. The lowest BCUT2D eigenvalue weighted by Gasteiger charge is -2.08. The number of hydrogen-bond donors (Lipinski definition) is 3. The van der Waals surface area contributed by atoms with Crippen molar-refractivity contribution in [2.45, 2.75) is 26.2 Å². The molecule has 31 heavy (non-hydrogen) atoms. The number of nitrogens with zero attached hydrogens (tertiary/aromatic N) is 2. The Morgan fingerprint density at radius 1 is 1.00 bits per heavy atom. The van der Waals surface area contributed by atoms with Crippen molar-refractivity contribution < 1.29 is 14.9 Å². The van der Waals surface area contributed by atoms with E-state index in [0.29, 0.717) is 5.82 Å². The molecule has 0 saturated heterocycles. The minimum Gasteiger partial charge on any atom is -0.354 e. The van der Waals surface area contributed by atoms with E-state index in [2.05, 4.69) is 41.8 Å². The second-order valence-electron chi connectivity index (χ2n) is 7.38. The summed E-state index contributed by atoms with van der Waals surface area (Å²) in [6.07, 6.45) is 3.42. The average Bonchev–Trinajstić information content (AvgIpc) is 3.22. The van der Waals surface area contributed by atoms with Crippen LogP contribution in [0.3, 0.4) is 0 Å². The zero-order valence-electron chi connectivity index (χ0n) is 18.1. The first-order valence-electron chi connectivity index (χ1n) is 10.7. The maximum absolute atomic E-state index is 12.4. The van der Waals surface area contributed by atoms with E-state index < -0.39 is 0 Å². The van der Waals surface area contributed by atoms with Crippen LogP contribution in [0.15, 0.2) is 60.7 Å². The molecule has 3 rings (SSSR count). The van der Waals surface area contributed by atoms with E-state index in [9.17, 15) is 9.59 Å². The molecule has 0 unspecified atom stereocenters. The van der Waals surface area contributed by atoms with Crippen molar-refractivity contribution in [1.29, 1.82) is 0 Å². The topological polar surface area (TPSA) is 92.6 Å². The van der Waals surface area contributed by atoms with Crippen LogP contribution >= 0.6 is 0 Å². The number of anilines is 1. The largest absolute Gasteiger partial charge is 0.354 e. The van der Waals surface area contributed by atoms with Gasteiger partial charge >= 0.3 is 0 Å². The lowest BCUT2D eigenvalue weighted by atomic mass is 10.1. The van der Waals surface area contributed by atoms with Gasteiger partial charge in [-0.3, -0.25) is 9.59 Å². The summed E-state index contributed by atoms with van der Waals surface area (Å²) in [5.74, 6) is 0.281. The summed E-state index contributed by atoms with van der Waals surface area (Å²) in [6.45, 7) is 2.54. The molecule has 0 aliphatic rings. The molecule has 4 N–H and O–H groups in total. The monoisotopic (exact) mass is 420 g/mol. The lowest BCUT2D eigenvalue weighted by Crippen LogP contribution is -2.88. The maximum atomic E-state index is 12.4. The molecular formula is C24H30N5O2+. The molecule has 0 saturated carbocycles. The van der Waals surface area contributed by atoms with Crippen LogP contribution in [0.1, 0.15) is 25.3 Å². The Morgan fingerprint density at radius 3 is 2.39 bits per heavy atom. The summed E-state index contributed by atoms with van der Waals surface area (Å²) in [4.78, 5) is 23.8. The Kier molecular flexibility index (Phi) is 7.95. The van der Waals surface area contributed by atoms with Crippen molar-refractivity contribution in [3.8, 4) is 16.9 Å². The van der Waals surface area contributed by atoms with Crippen molar-refractivity contribution in [1.82, 2.24) is 15.1 Å². The first-order chi connectivity index (χ1) is 15.1. The van der Waals surface area contributed by atoms with Crippen LogP contribution in [-0.4, -0.2) is 41.7 Å². The van der Waals surface area contributed by atoms with Gasteiger partial charge in [-0.1, -0.05) is 55.8 Å². The third-order valence-electron chi connectivity index (χ3n) is 4.98. The second-order valence-corrected chi connectivity index (χ2v) is 7.38. The number of nitrogens with two attached hydrogens (primary N) is 1. The van der Waals surface area contributed by atoms with Crippen LogP contribution in [0.2, 0.25) is 0 Å². The quantitative estimate of drug-likeness (QED) is 0.469. The minimum atomic E-state index is -0.192. The number of amides is 2. The third kappa shape index (κ3) is 6.26. The molecule has 0 radical (unpaired) electrons. The first-order valence-corrected chi connectivity index (χ1v) is 10.7. The molecule has 0 fully saturated rings. The Balaban J connectivity index is 1.80. The van der Waals surface area contributed by atoms with Gasteiger partial charge in [0.05, 0.1) is 11.4 Å². The van der Waals surface area contributed by atoms with E-state index in [1.807, 2.05) is 36.4 Å². The van der Waals surface area contributed by atoms with E-state index >= 15 is 0 Å². The molecule has 7 heteroatoms. The summed E-state index contributed by atoms with van der Waals surface area (Å²) in [5, 5.41) is 11.9. The van der Waals surface area contributed by atoms with Gasteiger partial charge in [-0.25, -0.2) is 4.68 Å². The fourth-order valence-electron chi connectivity index (χ4n) is 3.23. The van der Waals surface area contributed by atoms with Gasteiger partial charge in [0.25, 0.3) is 11.8 Å². The smallest absolute Gasteiger partial charge is 0.280 e. The van der Waals surface area contributed by atoms with E-state index in [1.165, 1.54) is 18.4 Å². The molecule has 0 aliphatic heterocycles. The normalized spacial score (nSPS) is 10.6. The van der Waals surface area contributed by atoms with Gasteiger partial charge in [-0.15, -0.1) is 0 Å². The number of aromatic nitrogens is 2.